The Morgan fingerprint density at radius 2 is 1.79 bits per heavy atom. The number of benzene rings is 1. The molecular formula is C12H14F3NO2S. The highest BCUT2D eigenvalue weighted by atomic mass is 32.2. The van der Waals surface area contributed by atoms with Crippen molar-refractivity contribution in [2.45, 2.75) is 10.2 Å². The van der Waals surface area contributed by atoms with Crippen molar-refractivity contribution in [2.75, 3.05) is 20.6 Å². The third kappa shape index (κ3) is 3.36. The second kappa shape index (κ2) is 5.75. The van der Waals surface area contributed by atoms with E-state index in [1.807, 2.05) is 0 Å². The number of hydrogen-bond donors (Lipinski definition) is 0. The van der Waals surface area contributed by atoms with Crippen molar-refractivity contribution in [1.29, 1.82) is 0 Å². The molecule has 0 saturated heterocycles. The minimum atomic E-state index is -5.08. The van der Waals surface area contributed by atoms with Gasteiger partial charge in [-0.1, -0.05) is 18.2 Å². The maximum atomic E-state index is 13.7. The molecule has 106 valence electrons. The number of hydrogen-bond acceptors (Lipinski definition) is 3. The predicted octanol–water partition coefficient (Wildman–Crippen LogP) is 2.47. The Hall–Kier alpha value is -1.34. The van der Waals surface area contributed by atoms with Crippen LogP contribution in [0.1, 0.15) is 0 Å². The second-order valence-corrected chi connectivity index (χ2v) is 6.14. The molecule has 0 heterocycles. The van der Waals surface area contributed by atoms with Gasteiger partial charge >= 0.3 is 5.25 Å². The van der Waals surface area contributed by atoms with Gasteiger partial charge in [-0.05, 0) is 32.3 Å². The standard InChI is InChI=1S/C12H14F3NO2S/c1-16(2)9-8-11(13)12(14,15)19(17,18)10-6-4-3-5-7-10/h3-8H,9H2,1-2H3/b11-8-. The molecule has 0 unspecified atom stereocenters. The van der Waals surface area contributed by atoms with E-state index in [0.29, 0.717) is 6.08 Å². The summed E-state index contributed by atoms with van der Waals surface area (Å²) in [5, 5.41) is -4.57. The van der Waals surface area contributed by atoms with E-state index in [1.165, 1.54) is 23.1 Å². The van der Waals surface area contributed by atoms with E-state index in [0.717, 1.165) is 12.1 Å². The van der Waals surface area contributed by atoms with E-state index >= 15 is 0 Å². The first-order valence-corrected chi connectivity index (χ1v) is 6.86. The van der Waals surface area contributed by atoms with Crippen molar-refractivity contribution in [3.05, 3.63) is 42.2 Å². The van der Waals surface area contributed by atoms with Crippen molar-refractivity contribution in [1.82, 2.24) is 4.90 Å². The van der Waals surface area contributed by atoms with E-state index < -0.39 is 25.8 Å². The van der Waals surface area contributed by atoms with Gasteiger partial charge in [0.15, 0.2) is 5.83 Å². The summed E-state index contributed by atoms with van der Waals surface area (Å²) in [6.45, 7) is -0.119. The molecule has 3 nitrogen and oxygen atoms in total. The average Bonchev–Trinajstić information content (AvgIpc) is 2.36. The summed E-state index contributed by atoms with van der Waals surface area (Å²) in [7, 11) is -1.98. The zero-order valence-electron chi connectivity index (χ0n) is 10.5. The van der Waals surface area contributed by atoms with Gasteiger partial charge in [-0.15, -0.1) is 0 Å². The van der Waals surface area contributed by atoms with Gasteiger partial charge < -0.3 is 4.90 Å². The fraction of sp³-hybridized carbons (Fsp3) is 0.333. The number of sulfone groups is 1. The lowest BCUT2D eigenvalue weighted by Gasteiger charge is -2.16. The summed E-state index contributed by atoms with van der Waals surface area (Å²) in [6, 6.07) is 6.08. The molecular weight excluding hydrogens is 279 g/mol. The van der Waals surface area contributed by atoms with E-state index in [1.54, 1.807) is 14.1 Å². The lowest BCUT2D eigenvalue weighted by Crippen LogP contribution is -2.30. The smallest absolute Gasteiger partial charge is 0.306 e. The van der Waals surface area contributed by atoms with Gasteiger partial charge in [0, 0.05) is 6.54 Å². The highest BCUT2D eigenvalue weighted by molar-refractivity contribution is 7.92. The fourth-order valence-electron chi connectivity index (χ4n) is 1.26. The zero-order chi connectivity index (χ0) is 14.7. The van der Waals surface area contributed by atoms with Gasteiger partial charge in [-0.2, -0.15) is 8.78 Å². The normalized spacial score (nSPS) is 13.9. The Morgan fingerprint density at radius 3 is 2.26 bits per heavy atom. The molecule has 0 aliphatic rings. The summed E-state index contributed by atoms with van der Waals surface area (Å²) >= 11 is 0. The van der Waals surface area contributed by atoms with Crippen molar-refractivity contribution in [3.63, 3.8) is 0 Å². The van der Waals surface area contributed by atoms with E-state index in [9.17, 15) is 21.6 Å². The predicted molar refractivity (Wildman–Crippen MR) is 66.3 cm³/mol. The first kappa shape index (κ1) is 15.7. The molecule has 0 spiro atoms. The maximum Gasteiger partial charge on any atom is 0.400 e. The quantitative estimate of drug-likeness (QED) is 0.837. The summed E-state index contributed by atoms with van der Waals surface area (Å²) in [4.78, 5) is 0.818. The Balaban J connectivity index is 3.16. The average molecular weight is 293 g/mol. The minimum absolute atomic E-state index is 0.119. The van der Waals surface area contributed by atoms with Gasteiger partial charge in [-0.25, -0.2) is 12.8 Å². The molecule has 0 atom stereocenters. The molecule has 0 radical (unpaired) electrons. The summed E-state index contributed by atoms with van der Waals surface area (Å²) < 4.78 is 64.2. The number of alkyl halides is 2. The van der Waals surface area contributed by atoms with Crippen molar-refractivity contribution < 1.29 is 21.6 Å². The summed E-state index contributed by atoms with van der Waals surface area (Å²) in [5.41, 5.74) is 0. The number of rotatable bonds is 5. The Labute approximate surface area is 110 Å². The largest absolute Gasteiger partial charge is 0.400 e. The van der Waals surface area contributed by atoms with Crippen LogP contribution in [0.5, 0.6) is 0 Å². The fourth-order valence-corrected chi connectivity index (χ4v) is 2.41. The van der Waals surface area contributed by atoms with Crippen LogP contribution in [0.15, 0.2) is 47.1 Å². The SMILES string of the molecule is CN(C)C/C=C(\F)C(F)(F)S(=O)(=O)c1ccccc1. The van der Waals surface area contributed by atoms with Crippen LogP contribution < -0.4 is 0 Å². The van der Waals surface area contributed by atoms with Gasteiger partial charge in [-0.3, -0.25) is 0 Å². The topological polar surface area (TPSA) is 37.4 Å². The number of halogens is 3. The molecule has 0 aliphatic carbocycles. The van der Waals surface area contributed by atoms with Gasteiger partial charge in [0.1, 0.15) is 0 Å². The van der Waals surface area contributed by atoms with Gasteiger partial charge in [0.05, 0.1) is 4.90 Å². The first-order chi connectivity index (χ1) is 8.69. The van der Waals surface area contributed by atoms with Crippen LogP contribution >= 0.6 is 0 Å². The molecule has 1 aromatic rings. The molecule has 0 aliphatic heterocycles. The van der Waals surface area contributed by atoms with Crippen molar-refractivity contribution in [2.24, 2.45) is 0 Å². The molecule has 0 bridgehead atoms. The van der Waals surface area contributed by atoms with Crippen LogP contribution in [0.4, 0.5) is 13.2 Å². The molecule has 0 amide bonds. The van der Waals surface area contributed by atoms with E-state index in [4.69, 9.17) is 0 Å². The third-order valence-electron chi connectivity index (χ3n) is 2.30. The van der Waals surface area contributed by atoms with Crippen LogP contribution in [-0.4, -0.2) is 39.2 Å². The lowest BCUT2D eigenvalue weighted by atomic mass is 10.4. The van der Waals surface area contributed by atoms with E-state index in [-0.39, 0.29) is 6.54 Å². The molecule has 1 rings (SSSR count). The summed E-state index contributed by atoms with van der Waals surface area (Å²) in [5.74, 6) is -1.97. The van der Waals surface area contributed by atoms with Crippen molar-refractivity contribution >= 4 is 9.84 Å². The highest BCUT2D eigenvalue weighted by Crippen LogP contribution is 2.36. The molecule has 0 aromatic heterocycles. The van der Waals surface area contributed by atoms with Crippen LogP contribution in [-0.2, 0) is 9.84 Å². The first-order valence-electron chi connectivity index (χ1n) is 5.38. The van der Waals surface area contributed by atoms with Crippen LogP contribution in [0.25, 0.3) is 0 Å². The second-order valence-electron chi connectivity index (χ2n) is 4.15. The maximum absolute atomic E-state index is 13.7. The number of nitrogens with zero attached hydrogens (tertiary/aromatic N) is 1. The van der Waals surface area contributed by atoms with Gasteiger partial charge in [0.2, 0.25) is 0 Å². The van der Waals surface area contributed by atoms with Crippen LogP contribution in [0.3, 0.4) is 0 Å². The molecule has 1 aromatic carbocycles. The molecule has 7 heteroatoms. The van der Waals surface area contributed by atoms with Crippen molar-refractivity contribution in [3.8, 4) is 0 Å². The Morgan fingerprint density at radius 1 is 1.26 bits per heavy atom. The van der Waals surface area contributed by atoms with Crippen LogP contribution in [0, 0.1) is 0 Å². The molecule has 0 saturated carbocycles. The van der Waals surface area contributed by atoms with E-state index in [2.05, 4.69) is 0 Å². The molecule has 0 fully saturated rings. The van der Waals surface area contributed by atoms with Gasteiger partial charge in [0.25, 0.3) is 9.84 Å². The minimum Gasteiger partial charge on any atom is -0.306 e. The monoisotopic (exact) mass is 293 g/mol. The Bertz CT molecular complexity index is 554. The molecule has 19 heavy (non-hydrogen) atoms. The highest BCUT2D eigenvalue weighted by Gasteiger charge is 2.50. The van der Waals surface area contributed by atoms with Crippen LogP contribution in [0.2, 0.25) is 0 Å². The number of likely N-dealkylation sites (N-methyl/N-ethyl adjacent to an activating group) is 1. The zero-order valence-corrected chi connectivity index (χ0v) is 11.3. The summed E-state index contributed by atoms with van der Waals surface area (Å²) in [6.07, 6.45) is 0.556. The molecule has 0 N–H and O–H groups in total. The Kier molecular flexibility index (Phi) is 4.75. The lowest BCUT2D eigenvalue weighted by molar-refractivity contribution is 0.105. The third-order valence-corrected chi connectivity index (χ3v) is 4.07.